The largest absolute Gasteiger partial charge is 0.481 e. The van der Waals surface area contributed by atoms with E-state index in [1.54, 1.807) is 0 Å². The molecule has 0 aliphatic rings. The van der Waals surface area contributed by atoms with Crippen LogP contribution >= 0.6 is 0 Å². The first kappa shape index (κ1) is 17.4. The Kier molecular flexibility index (Phi) is 7.73. The van der Waals surface area contributed by atoms with E-state index in [0.29, 0.717) is 12.8 Å². The van der Waals surface area contributed by atoms with Crippen LogP contribution in [0.1, 0.15) is 51.5 Å². The zero-order valence-electron chi connectivity index (χ0n) is 13.0. The van der Waals surface area contributed by atoms with E-state index in [9.17, 15) is 14.7 Å². The van der Waals surface area contributed by atoms with Crippen molar-refractivity contribution in [3.05, 3.63) is 35.9 Å². The Morgan fingerprint density at radius 2 is 1.71 bits per heavy atom. The number of carbonyl (C=O) groups is 2. The summed E-state index contributed by atoms with van der Waals surface area (Å²) < 4.78 is 0. The fourth-order valence-corrected chi connectivity index (χ4v) is 2.83. The summed E-state index contributed by atoms with van der Waals surface area (Å²) in [4.78, 5) is 23.1. The SMILES string of the molecule is CCCC(C(C)=O)C(CCCCc1ccccc1)C(=O)O. The standard InChI is InChI=1S/C18H26O3/c1-3-9-16(14(2)19)17(18(20)21)13-8-7-12-15-10-5-4-6-11-15/h4-6,10-11,16-17H,3,7-9,12-13H2,1-2H3,(H,20,21). The molecule has 0 bridgehead atoms. The highest BCUT2D eigenvalue weighted by Crippen LogP contribution is 2.25. The van der Waals surface area contributed by atoms with Gasteiger partial charge in [-0.2, -0.15) is 0 Å². The lowest BCUT2D eigenvalue weighted by Gasteiger charge is -2.21. The predicted octanol–water partition coefficient (Wildman–Crippen LogP) is 4.11. The van der Waals surface area contributed by atoms with Crippen LogP contribution in [0, 0.1) is 11.8 Å². The molecule has 0 heterocycles. The Bertz CT molecular complexity index is 439. The van der Waals surface area contributed by atoms with Crippen molar-refractivity contribution in [1.29, 1.82) is 0 Å². The molecule has 3 nitrogen and oxygen atoms in total. The van der Waals surface area contributed by atoms with Gasteiger partial charge < -0.3 is 5.11 Å². The van der Waals surface area contributed by atoms with Crippen molar-refractivity contribution in [1.82, 2.24) is 0 Å². The molecule has 1 N–H and O–H groups in total. The van der Waals surface area contributed by atoms with Gasteiger partial charge in [-0.25, -0.2) is 0 Å². The molecule has 2 unspecified atom stereocenters. The maximum absolute atomic E-state index is 11.7. The molecule has 0 amide bonds. The Balaban J connectivity index is 2.47. The monoisotopic (exact) mass is 290 g/mol. The molecule has 0 saturated heterocycles. The molecule has 0 aliphatic heterocycles. The molecular formula is C18H26O3. The van der Waals surface area contributed by atoms with Crippen molar-refractivity contribution in [2.24, 2.45) is 11.8 Å². The van der Waals surface area contributed by atoms with Crippen LogP contribution in [-0.2, 0) is 16.0 Å². The maximum Gasteiger partial charge on any atom is 0.307 e. The van der Waals surface area contributed by atoms with Crippen LogP contribution in [0.4, 0.5) is 0 Å². The van der Waals surface area contributed by atoms with Crippen LogP contribution in [0.2, 0.25) is 0 Å². The number of unbranched alkanes of at least 4 members (excludes halogenated alkanes) is 1. The predicted molar refractivity (Wildman–Crippen MR) is 84.2 cm³/mol. The van der Waals surface area contributed by atoms with Gasteiger partial charge in [0, 0.05) is 5.92 Å². The fraction of sp³-hybridized carbons (Fsp3) is 0.556. The molecule has 3 heteroatoms. The summed E-state index contributed by atoms with van der Waals surface area (Å²) in [6.45, 7) is 3.50. The van der Waals surface area contributed by atoms with E-state index in [2.05, 4.69) is 12.1 Å². The highest BCUT2D eigenvalue weighted by molar-refractivity contribution is 5.84. The third kappa shape index (κ3) is 6.11. The first-order chi connectivity index (χ1) is 10.1. The van der Waals surface area contributed by atoms with Crippen LogP contribution in [0.5, 0.6) is 0 Å². The molecule has 116 valence electrons. The second-order valence-corrected chi connectivity index (χ2v) is 5.68. The van der Waals surface area contributed by atoms with Crippen molar-refractivity contribution in [3.63, 3.8) is 0 Å². The van der Waals surface area contributed by atoms with Gasteiger partial charge in [-0.3, -0.25) is 9.59 Å². The molecule has 0 saturated carbocycles. The summed E-state index contributed by atoms with van der Waals surface area (Å²) in [5.74, 6) is -1.68. The highest BCUT2D eigenvalue weighted by Gasteiger charge is 2.30. The summed E-state index contributed by atoms with van der Waals surface area (Å²) >= 11 is 0. The average Bonchev–Trinajstić information content (AvgIpc) is 2.46. The lowest BCUT2D eigenvalue weighted by Crippen LogP contribution is -2.28. The van der Waals surface area contributed by atoms with Gasteiger partial charge in [-0.15, -0.1) is 0 Å². The van der Waals surface area contributed by atoms with E-state index < -0.39 is 11.9 Å². The minimum absolute atomic E-state index is 0.00677. The minimum atomic E-state index is -0.830. The second kappa shape index (κ2) is 9.32. The van der Waals surface area contributed by atoms with Gasteiger partial charge in [0.1, 0.15) is 5.78 Å². The quantitative estimate of drug-likeness (QED) is 0.660. The molecule has 0 aliphatic carbocycles. The number of hydrogen-bond donors (Lipinski definition) is 1. The maximum atomic E-state index is 11.7. The Labute approximate surface area is 127 Å². The van der Waals surface area contributed by atoms with Gasteiger partial charge in [-0.05, 0) is 38.2 Å². The van der Waals surface area contributed by atoms with E-state index in [1.807, 2.05) is 25.1 Å². The summed E-state index contributed by atoms with van der Waals surface area (Å²) in [5.41, 5.74) is 1.28. The molecule has 1 aromatic carbocycles. The van der Waals surface area contributed by atoms with Crippen LogP contribution in [-0.4, -0.2) is 16.9 Å². The summed E-state index contributed by atoms with van der Waals surface area (Å²) in [7, 11) is 0. The van der Waals surface area contributed by atoms with Crippen molar-refractivity contribution < 1.29 is 14.7 Å². The van der Waals surface area contributed by atoms with Crippen LogP contribution in [0.3, 0.4) is 0 Å². The number of ketones is 1. The number of benzene rings is 1. The number of carbonyl (C=O) groups excluding carboxylic acids is 1. The summed E-state index contributed by atoms with van der Waals surface area (Å²) in [5, 5.41) is 9.38. The first-order valence-corrected chi connectivity index (χ1v) is 7.83. The molecular weight excluding hydrogens is 264 g/mol. The van der Waals surface area contributed by atoms with E-state index in [0.717, 1.165) is 25.7 Å². The Morgan fingerprint density at radius 1 is 1.05 bits per heavy atom. The molecule has 2 atom stereocenters. The topological polar surface area (TPSA) is 54.4 Å². The van der Waals surface area contributed by atoms with Crippen LogP contribution in [0.15, 0.2) is 30.3 Å². The number of carboxylic acid groups (broad SMARTS) is 1. The van der Waals surface area contributed by atoms with Crippen molar-refractivity contribution in [3.8, 4) is 0 Å². The lowest BCUT2D eigenvalue weighted by atomic mass is 9.82. The third-order valence-corrected chi connectivity index (χ3v) is 4.00. The number of rotatable bonds is 10. The Hall–Kier alpha value is -1.64. The van der Waals surface area contributed by atoms with Gasteiger partial charge >= 0.3 is 5.97 Å². The average molecular weight is 290 g/mol. The van der Waals surface area contributed by atoms with Gasteiger partial charge in [0.2, 0.25) is 0 Å². The molecule has 0 spiro atoms. The minimum Gasteiger partial charge on any atom is -0.481 e. The smallest absolute Gasteiger partial charge is 0.307 e. The number of carboxylic acids is 1. The van der Waals surface area contributed by atoms with Gasteiger partial charge in [0.05, 0.1) is 5.92 Å². The molecule has 0 fully saturated rings. The van der Waals surface area contributed by atoms with E-state index >= 15 is 0 Å². The number of aryl methyl sites for hydroxylation is 1. The molecule has 1 rings (SSSR count). The van der Waals surface area contributed by atoms with Gasteiger partial charge in [0.15, 0.2) is 0 Å². The number of aliphatic carboxylic acids is 1. The van der Waals surface area contributed by atoms with E-state index in [4.69, 9.17) is 0 Å². The van der Waals surface area contributed by atoms with E-state index in [1.165, 1.54) is 12.5 Å². The van der Waals surface area contributed by atoms with Crippen molar-refractivity contribution in [2.75, 3.05) is 0 Å². The second-order valence-electron chi connectivity index (χ2n) is 5.68. The van der Waals surface area contributed by atoms with Gasteiger partial charge in [-0.1, -0.05) is 50.1 Å². The van der Waals surface area contributed by atoms with Crippen molar-refractivity contribution in [2.45, 2.75) is 52.4 Å². The summed E-state index contributed by atoms with van der Waals surface area (Å²) in [6, 6.07) is 10.2. The zero-order chi connectivity index (χ0) is 15.7. The fourth-order valence-electron chi connectivity index (χ4n) is 2.83. The van der Waals surface area contributed by atoms with Gasteiger partial charge in [0.25, 0.3) is 0 Å². The first-order valence-electron chi connectivity index (χ1n) is 7.83. The molecule has 0 radical (unpaired) electrons. The van der Waals surface area contributed by atoms with Crippen LogP contribution < -0.4 is 0 Å². The lowest BCUT2D eigenvalue weighted by molar-refractivity contribution is -0.147. The molecule has 1 aromatic rings. The normalized spacial score (nSPS) is 13.6. The zero-order valence-corrected chi connectivity index (χ0v) is 13.0. The number of hydrogen-bond acceptors (Lipinski definition) is 2. The molecule has 21 heavy (non-hydrogen) atoms. The van der Waals surface area contributed by atoms with E-state index in [-0.39, 0.29) is 11.7 Å². The Morgan fingerprint density at radius 3 is 2.24 bits per heavy atom. The third-order valence-electron chi connectivity index (χ3n) is 4.00. The highest BCUT2D eigenvalue weighted by atomic mass is 16.4. The van der Waals surface area contributed by atoms with Crippen LogP contribution in [0.25, 0.3) is 0 Å². The summed E-state index contributed by atoms with van der Waals surface area (Å²) in [6.07, 6.45) is 4.88. The van der Waals surface area contributed by atoms with Crippen molar-refractivity contribution >= 4 is 11.8 Å². The number of Topliss-reactive ketones (excluding diaryl/α,β-unsaturated/α-hetero) is 1. The molecule has 0 aromatic heterocycles.